The van der Waals surface area contributed by atoms with E-state index in [0.29, 0.717) is 0 Å². The minimum absolute atomic E-state index is 0.0465. The number of rotatable bonds is 3. The molecule has 1 fully saturated rings. The standard InChI is InChI=1S/C24H20N2O2S/c1-15-23(28)26(24(29-15)18-12-6-8-14-20(18)27)22-17-11-5-7-13-19(17)25-21(22)16-9-3-2-4-10-16/h2-15,24-25,27H,1H3. The first kappa shape index (κ1) is 17.9. The van der Waals surface area contributed by atoms with Crippen molar-refractivity contribution in [3.05, 3.63) is 84.4 Å². The summed E-state index contributed by atoms with van der Waals surface area (Å²) in [7, 11) is 0. The minimum atomic E-state index is -0.291. The van der Waals surface area contributed by atoms with E-state index in [1.807, 2.05) is 78.6 Å². The van der Waals surface area contributed by atoms with Crippen molar-refractivity contribution in [1.29, 1.82) is 0 Å². The number of fused-ring (bicyclic) bond motifs is 1. The highest BCUT2D eigenvalue weighted by Crippen LogP contribution is 2.51. The van der Waals surface area contributed by atoms with Gasteiger partial charge in [-0.1, -0.05) is 66.7 Å². The fourth-order valence-electron chi connectivity index (χ4n) is 3.95. The van der Waals surface area contributed by atoms with Crippen LogP contribution >= 0.6 is 11.8 Å². The summed E-state index contributed by atoms with van der Waals surface area (Å²) in [6.07, 6.45) is 0. The van der Waals surface area contributed by atoms with Gasteiger partial charge in [-0.15, -0.1) is 11.8 Å². The Labute approximate surface area is 173 Å². The summed E-state index contributed by atoms with van der Waals surface area (Å²) in [4.78, 5) is 18.7. The van der Waals surface area contributed by atoms with Crippen LogP contribution < -0.4 is 4.90 Å². The third-order valence-electron chi connectivity index (χ3n) is 5.34. The van der Waals surface area contributed by atoms with Crippen molar-refractivity contribution in [3.8, 4) is 17.0 Å². The summed E-state index contributed by atoms with van der Waals surface area (Å²) in [6.45, 7) is 1.93. The van der Waals surface area contributed by atoms with Gasteiger partial charge in [-0.2, -0.15) is 0 Å². The molecular formula is C24H20N2O2S. The van der Waals surface area contributed by atoms with Gasteiger partial charge in [0.15, 0.2) is 0 Å². The van der Waals surface area contributed by atoms with E-state index in [1.165, 1.54) is 0 Å². The first-order valence-corrected chi connectivity index (χ1v) is 10.5. The number of aromatic nitrogens is 1. The molecule has 0 aliphatic carbocycles. The highest BCUT2D eigenvalue weighted by atomic mass is 32.2. The Bertz CT molecular complexity index is 1200. The van der Waals surface area contributed by atoms with Crippen LogP contribution in [0, 0.1) is 0 Å². The number of phenolic OH excluding ortho intramolecular Hbond substituents is 1. The summed E-state index contributed by atoms with van der Waals surface area (Å²) in [5, 5.41) is 11.0. The van der Waals surface area contributed by atoms with E-state index in [2.05, 4.69) is 4.98 Å². The summed E-state index contributed by atoms with van der Waals surface area (Å²) in [6, 6.07) is 25.4. The van der Waals surface area contributed by atoms with Gasteiger partial charge >= 0.3 is 0 Å². The highest BCUT2D eigenvalue weighted by Gasteiger charge is 2.42. The van der Waals surface area contributed by atoms with Gasteiger partial charge in [-0.25, -0.2) is 0 Å². The van der Waals surface area contributed by atoms with Crippen molar-refractivity contribution in [3.63, 3.8) is 0 Å². The van der Waals surface area contributed by atoms with Crippen LogP contribution in [0.15, 0.2) is 78.9 Å². The Hall–Kier alpha value is -3.18. The Kier molecular flexibility index (Phi) is 4.32. The van der Waals surface area contributed by atoms with Gasteiger partial charge in [-0.3, -0.25) is 9.69 Å². The topological polar surface area (TPSA) is 56.3 Å². The van der Waals surface area contributed by atoms with E-state index < -0.39 is 0 Å². The highest BCUT2D eigenvalue weighted by molar-refractivity contribution is 8.01. The first-order chi connectivity index (χ1) is 14.1. The maximum Gasteiger partial charge on any atom is 0.241 e. The summed E-state index contributed by atoms with van der Waals surface area (Å²) >= 11 is 1.56. The van der Waals surface area contributed by atoms with Gasteiger partial charge in [0.1, 0.15) is 11.1 Å². The summed E-state index contributed by atoms with van der Waals surface area (Å²) < 4.78 is 0. The van der Waals surface area contributed by atoms with Gasteiger partial charge in [0.05, 0.1) is 16.6 Å². The van der Waals surface area contributed by atoms with Crippen molar-refractivity contribution in [2.45, 2.75) is 17.5 Å². The van der Waals surface area contributed by atoms with Crippen LogP contribution in [0.2, 0.25) is 0 Å². The molecule has 5 heteroatoms. The number of para-hydroxylation sites is 2. The number of hydrogen-bond donors (Lipinski definition) is 2. The number of anilines is 1. The third-order valence-corrected chi connectivity index (χ3v) is 6.67. The number of nitrogens with one attached hydrogen (secondary N) is 1. The van der Waals surface area contributed by atoms with Crippen molar-refractivity contribution in [2.75, 3.05) is 4.90 Å². The third kappa shape index (κ3) is 2.89. The number of carbonyl (C=O) groups is 1. The maximum atomic E-state index is 13.3. The van der Waals surface area contributed by atoms with Crippen LogP contribution in [0.4, 0.5) is 5.69 Å². The molecule has 3 aromatic carbocycles. The second kappa shape index (κ2) is 7.01. The number of H-pyrrole nitrogens is 1. The average molecular weight is 401 g/mol. The molecule has 2 heterocycles. The van der Waals surface area contributed by atoms with E-state index in [-0.39, 0.29) is 22.3 Å². The number of hydrogen-bond acceptors (Lipinski definition) is 3. The zero-order valence-electron chi connectivity index (χ0n) is 15.9. The lowest BCUT2D eigenvalue weighted by Gasteiger charge is -2.25. The van der Waals surface area contributed by atoms with Gasteiger partial charge in [-0.05, 0) is 19.1 Å². The van der Waals surface area contributed by atoms with Crippen LogP contribution in [0.1, 0.15) is 17.9 Å². The van der Waals surface area contributed by atoms with E-state index in [4.69, 9.17) is 0 Å². The number of phenols is 1. The average Bonchev–Trinajstić information content (AvgIpc) is 3.26. The molecule has 1 aromatic heterocycles. The van der Waals surface area contributed by atoms with E-state index in [0.717, 1.165) is 33.4 Å². The van der Waals surface area contributed by atoms with E-state index in [9.17, 15) is 9.90 Å². The molecule has 4 aromatic rings. The Balaban J connectivity index is 1.77. The van der Waals surface area contributed by atoms with Gasteiger partial charge < -0.3 is 10.1 Å². The molecule has 0 saturated carbocycles. The van der Waals surface area contributed by atoms with Crippen molar-refractivity contribution in [1.82, 2.24) is 4.98 Å². The fraction of sp³-hybridized carbons (Fsp3) is 0.125. The zero-order chi connectivity index (χ0) is 20.0. The molecule has 0 bridgehead atoms. The van der Waals surface area contributed by atoms with Gasteiger partial charge in [0.25, 0.3) is 0 Å². The predicted molar refractivity (Wildman–Crippen MR) is 119 cm³/mol. The molecule has 29 heavy (non-hydrogen) atoms. The van der Waals surface area contributed by atoms with Crippen LogP contribution in [0.3, 0.4) is 0 Å². The number of carbonyl (C=O) groups excluding carboxylic acids is 1. The molecule has 2 atom stereocenters. The Morgan fingerprint density at radius 2 is 1.62 bits per heavy atom. The SMILES string of the molecule is CC1SC(c2ccccc2O)N(c2c(-c3ccccc3)[nH]c3ccccc23)C1=O. The maximum absolute atomic E-state index is 13.3. The second-order valence-corrected chi connectivity index (χ2v) is 8.58. The summed E-state index contributed by atoms with van der Waals surface area (Å²) in [5.74, 6) is 0.253. The lowest BCUT2D eigenvalue weighted by atomic mass is 10.1. The minimum Gasteiger partial charge on any atom is -0.508 e. The van der Waals surface area contributed by atoms with Gasteiger partial charge in [0, 0.05) is 22.0 Å². The van der Waals surface area contributed by atoms with Crippen LogP contribution in [0.25, 0.3) is 22.2 Å². The molecule has 1 amide bonds. The monoisotopic (exact) mass is 400 g/mol. The molecule has 1 aliphatic rings. The number of aromatic hydroxyl groups is 1. The molecule has 1 aliphatic heterocycles. The quantitative estimate of drug-likeness (QED) is 0.463. The number of nitrogens with zero attached hydrogens (tertiary/aromatic N) is 1. The van der Waals surface area contributed by atoms with Crippen molar-refractivity contribution >= 4 is 34.3 Å². The van der Waals surface area contributed by atoms with Crippen LogP contribution in [-0.2, 0) is 4.79 Å². The van der Waals surface area contributed by atoms with Gasteiger partial charge in [0.2, 0.25) is 5.91 Å². The molecule has 2 N–H and O–H groups in total. The molecule has 5 rings (SSSR count). The smallest absolute Gasteiger partial charge is 0.241 e. The van der Waals surface area contributed by atoms with Crippen molar-refractivity contribution in [2.24, 2.45) is 0 Å². The summed E-state index contributed by atoms with van der Waals surface area (Å²) in [5.41, 5.74) is 4.53. The lowest BCUT2D eigenvalue weighted by Crippen LogP contribution is -2.30. The zero-order valence-corrected chi connectivity index (χ0v) is 16.7. The molecule has 144 valence electrons. The molecular weight excluding hydrogens is 380 g/mol. The number of amides is 1. The number of benzene rings is 3. The molecule has 0 radical (unpaired) electrons. The Morgan fingerprint density at radius 3 is 2.41 bits per heavy atom. The molecule has 2 unspecified atom stereocenters. The second-order valence-electron chi connectivity index (χ2n) is 7.16. The largest absolute Gasteiger partial charge is 0.508 e. The molecule has 0 spiro atoms. The van der Waals surface area contributed by atoms with Crippen LogP contribution in [0.5, 0.6) is 5.75 Å². The van der Waals surface area contributed by atoms with E-state index in [1.54, 1.807) is 23.9 Å². The number of thioether (sulfide) groups is 1. The normalized spacial score (nSPS) is 19.2. The fourth-order valence-corrected chi connectivity index (χ4v) is 5.24. The van der Waals surface area contributed by atoms with Crippen LogP contribution in [-0.4, -0.2) is 21.2 Å². The molecule has 4 nitrogen and oxygen atoms in total. The predicted octanol–water partition coefficient (Wildman–Crippen LogP) is 5.71. The van der Waals surface area contributed by atoms with E-state index >= 15 is 0 Å². The molecule has 1 saturated heterocycles. The van der Waals surface area contributed by atoms with Crippen molar-refractivity contribution < 1.29 is 9.90 Å². The Morgan fingerprint density at radius 1 is 0.931 bits per heavy atom. The first-order valence-electron chi connectivity index (χ1n) is 9.57. The lowest BCUT2D eigenvalue weighted by molar-refractivity contribution is -0.117. The number of aromatic amines is 1.